The molecule has 1 heterocycles. The first kappa shape index (κ1) is 10.1. The standard InChI is InChI=1S/C7H15NO3S/c1-2-11-7(6-12(9)10)3-4-8-5-7/h8H,2-6H2,1H3,(H,9,10). The van der Waals surface area contributed by atoms with Gasteiger partial charge in [-0.1, -0.05) is 0 Å². The van der Waals surface area contributed by atoms with Crippen molar-refractivity contribution < 1.29 is 13.5 Å². The molecule has 1 saturated heterocycles. The van der Waals surface area contributed by atoms with E-state index in [1.54, 1.807) is 0 Å². The lowest BCUT2D eigenvalue weighted by molar-refractivity contribution is -0.00588. The molecular weight excluding hydrogens is 178 g/mol. The molecule has 0 aromatic carbocycles. The molecule has 2 atom stereocenters. The first-order valence-electron chi connectivity index (χ1n) is 4.11. The van der Waals surface area contributed by atoms with E-state index in [-0.39, 0.29) is 5.75 Å². The number of hydrogen-bond donors (Lipinski definition) is 2. The first-order valence-corrected chi connectivity index (χ1v) is 5.38. The fourth-order valence-electron chi connectivity index (χ4n) is 1.54. The van der Waals surface area contributed by atoms with Crippen LogP contribution in [0.25, 0.3) is 0 Å². The summed E-state index contributed by atoms with van der Waals surface area (Å²) >= 11 is -1.76. The minimum Gasteiger partial charge on any atom is -0.373 e. The molecule has 72 valence electrons. The van der Waals surface area contributed by atoms with Crippen LogP contribution in [0.1, 0.15) is 13.3 Å². The van der Waals surface area contributed by atoms with Crippen LogP contribution in [0.15, 0.2) is 0 Å². The summed E-state index contributed by atoms with van der Waals surface area (Å²) in [5, 5.41) is 3.13. The average molecular weight is 193 g/mol. The van der Waals surface area contributed by atoms with Crippen LogP contribution in [-0.4, -0.2) is 39.8 Å². The number of ether oxygens (including phenoxy) is 1. The molecule has 0 aromatic rings. The van der Waals surface area contributed by atoms with Gasteiger partial charge in [0.1, 0.15) is 0 Å². The van der Waals surface area contributed by atoms with E-state index in [0.29, 0.717) is 13.2 Å². The van der Waals surface area contributed by atoms with Gasteiger partial charge in [0.05, 0.1) is 11.4 Å². The summed E-state index contributed by atoms with van der Waals surface area (Å²) in [4.78, 5) is 0. The van der Waals surface area contributed by atoms with Crippen molar-refractivity contribution in [1.29, 1.82) is 0 Å². The molecule has 1 fully saturated rings. The Balaban J connectivity index is 2.52. The third-order valence-electron chi connectivity index (χ3n) is 2.04. The summed E-state index contributed by atoms with van der Waals surface area (Å²) in [5.41, 5.74) is -0.394. The number of hydrogen-bond acceptors (Lipinski definition) is 3. The summed E-state index contributed by atoms with van der Waals surface area (Å²) in [5.74, 6) is 0.216. The van der Waals surface area contributed by atoms with Gasteiger partial charge < -0.3 is 14.6 Å². The SMILES string of the molecule is CCOC1(CS(=O)O)CCNC1. The van der Waals surface area contributed by atoms with E-state index < -0.39 is 16.7 Å². The Hall–Kier alpha value is 0.0300. The molecule has 0 saturated carbocycles. The van der Waals surface area contributed by atoms with Crippen LogP contribution >= 0.6 is 0 Å². The summed E-state index contributed by atoms with van der Waals surface area (Å²) in [7, 11) is 0. The van der Waals surface area contributed by atoms with Gasteiger partial charge in [-0.2, -0.15) is 0 Å². The third-order valence-corrected chi connectivity index (χ3v) is 2.81. The molecule has 0 radical (unpaired) electrons. The molecule has 1 aliphatic rings. The fraction of sp³-hybridized carbons (Fsp3) is 1.00. The lowest BCUT2D eigenvalue weighted by Gasteiger charge is -2.26. The highest BCUT2D eigenvalue weighted by atomic mass is 32.2. The molecular formula is C7H15NO3S. The molecule has 0 spiro atoms. The van der Waals surface area contributed by atoms with Gasteiger partial charge in [-0.05, 0) is 19.9 Å². The second kappa shape index (κ2) is 4.32. The lowest BCUT2D eigenvalue weighted by atomic mass is 10.1. The Kier molecular flexibility index (Phi) is 3.64. The Morgan fingerprint density at radius 1 is 1.75 bits per heavy atom. The lowest BCUT2D eigenvalue weighted by Crippen LogP contribution is -2.40. The second-order valence-corrected chi connectivity index (χ2v) is 3.94. The maximum Gasteiger partial charge on any atom is 0.155 e. The zero-order chi connectivity index (χ0) is 9.03. The predicted molar refractivity (Wildman–Crippen MR) is 47.5 cm³/mol. The molecule has 1 rings (SSSR count). The molecule has 5 heteroatoms. The normalized spacial score (nSPS) is 32.2. The van der Waals surface area contributed by atoms with Crippen molar-refractivity contribution in [2.24, 2.45) is 0 Å². The molecule has 0 aromatic heterocycles. The van der Waals surface area contributed by atoms with Crippen molar-refractivity contribution in [3.05, 3.63) is 0 Å². The van der Waals surface area contributed by atoms with Crippen molar-refractivity contribution in [2.45, 2.75) is 18.9 Å². The molecule has 1 aliphatic heterocycles. The molecule has 2 unspecified atom stereocenters. The van der Waals surface area contributed by atoms with Gasteiger partial charge in [0, 0.05) is 13.2 Å². The molecule has 0 bridgehead atoms. The van der Waals surface area contributed by atoms with E-state index in [0.717, 1.165) is 13.0 Å². The molecule has 4 nitrogen and oxygen atoms in total. The monoisotopic (exact) mass is 193 g/mol. The summed E-state index contributed by atoms with van der Waals surface area (Å²) < 4.78 is 24.9. The smallest absolute Gasteiger partial charge is 0.155 e. The second-order valence-electron chi connectivity index (χ2n) is 3.01. The minimum atomic E-state index is -1.76. The first-order chi connectivity index (χ1) is 5.68. The number of nitrogens with one attached hydrogen (secondary N) is 1. The highest BCUT2D eigenvalue weighted by Crippen LogP contribution is 2.20. The van der Waals surface area contributed by atoms with Crippen molar-refractivity contribution in [2.75, 3.05) is 25.4 Å². The Labute approximate surface area is 75.0 Å². The maximum atomic E-state index is 10.6. The van der Waals surface area contributed by atoms with E-state index in [9.17, 15) is 4.21 Å². The van der Waals surface area contributed by atoms with Gasteiger partial charge >= 0.3 is 0 Å². The van der Waals surface area contributed by atoms with Gasteiger partial charge in [-0.25, -0.2) is 4.21 Å². The van der Waals surface area contributed by atoms with E-state index in [2.05, 4.69) is 5.32 Å². The Morgan fingerprint density at radius 3 is 2.92 bits per heavy atom. The van der Waals surface area contributed by atoms with Crippen LogP contribution in [0.3, 0.4) is 0 Å². The van der Waals surface area contributed by atoms with Crippen LogP contribution in [0.4, 0.5) is 0 Å². The Morgan fingerprint density at radius 2 is 2.50 bits per heavy atom. The predicted octanol–water partition coefficient (Wildman–Crippen LogP) is -0.0233. The van der Waals surface area contributed by atoms with Crippen LogP contribution in [-0.2, 0) is 15.8 Å². The van der Waals surface area contributed by atoms with Crippen molar-refractivity contribution >= 4 is 11.1 Å². The summed E-state index contributed by atoms with van der Waals surface area (Å²) in [6, 6.07) is 0. The fourth-order valence-corrected chi connectivity index (χ4v) is 2.32. The van der Waals surface area contributed by atoms with Gasteiger partial charge in [-0.15, -0.1) is 0 Å². The van der Waals surface area contributed by atoms with Gasteiger partial charge in [0.15, 0.2) is 11.1 Å². The van der Waals surface area contributed by atoms with E-state index >= 15 is 0 Å². The number of rotatable bonds is 4. The van der Waals surface area contributed by atoms with E-state index in [1.807, 2.05) is 6.92 Å². The van der Waals surface area contributed by atoms with Gasteiger partial charge in [0.2, 0.25) is 0 Å². The quantitative estimate of drug-likeness (QED) is 0.616. The largest absolute Gasteiger partial charge is 0.373 e. The zero-order valence-corrected chi connectivity index (χ0v) is 8.02. The van der Waals surface area contributed by atoms with E-state index in [1.165, 1.54) is 0 Å². The van der Waals surface area contributed by atoms with Crippen LogP contribution in [0.5, 0.6) is 0 Å². The van der Waals surface area contributed by atoms with Crippen molar-refractivity contribution in [3.8, 4) is 0 Å². The topological polar surface area (TPSA) is 58.6 Å². The Bertz CT molecular complexity index is 168. The molecule has 2 N–H and O–H groups in total. The van der Waals surface area contributed by atoms with Crippen molar-refractivity contribution in [3.63, 3.8) is 0 Å². The molecule has 12 heavy (non-hydrogen) atoms. The van der Waals surface area contributed by atoms with Crippen LogP contribution < -0.4 is 5.32 Å². The highest BCUT2D eigenvalue weighted by Gasteiger charge is 2.36. The molecule has 0 amide bonds. The minimum absolute atomic E-state index is 0.216. The average Bonchev–Trinajstić information content (AvgIpc) is 2.36. The van der Waals surface area contributed by atoms with Crippen LogP contribution in [0, 0.1) is 0 Å². The highest BCUT2D eigenvalue weighted by molar-refractivity contribution is 7.79. The summed E-state index contributed by atoms with van der Waals surface area (Å²) in [6.45, 7) is 4.06. The van der Waals surface area contributed by atoms with Gasteiger partial charge in [-0.3, -0.25) is 0 Å². The van der Waals surface area contributed by atoms with E-state index in [4.69, 9.17) is 9.29 Å². The third kappa shape index (κ3) is 2.52. The van der Waals surface area contributed by atoms with Crippen LogP contribution in [0.2, 0.25) is 0 Å². The molecule has 0 aliphatic carbocycles. The maximum absolute atomic E-state index is 10.6. The zero-order valence-electron chi connectivity index (χ0n) is 7.21. The van der Waals surface area contributed by atoms with Gasteiger partial charge in [0.25, 0.3) is 0 Å². The summed E-state index contributed by atoms with van der Waals surface area (Å²) in [6.07, 6.45) is 0.827. The van der Waals surface area contributed by atoms with Crippen molar-refractivity contribution in [1.82, 2.24) is 5.32 Å².